The minimum absolute atomic E-state index is 0.0316. The maximum absolute atomic E-state index is 12.5. The van der Waals surface area contributed by atoms with E-state index in [2.05, 4.69) is 22.1 Å². The van der Waals surface area contributed by atoms with Crippen LogP contribution in [-0.2, 0) is 6.54 Å². The number of hydrogen-bond acceptors (Lipinski definition) is 2. The Bertz CT molecular complexity index is 628. The fraction of sp³-hybridized carbons (Fsp3) is 0.353. The highest BCUT2D eigenvalue weighted by molar-refractivity contribution is 6.03. The minimum Gasteiger partial charge on any atom is -0.340 e. The van der Waals surface area contributed by atoms with E-state index in [9.17, 15) is 4.79 Å². The molecule has 1 aliphatic carbocycles. The fourth-order valence-corrected chi connectivity index (χ4v) is 2.50. The molecule has 1 aliphatic rings. The van der Waals surface area contributed by atoms with E-state index in [1.54, 1.807) is 0 Å². The van der Waals surface area contributed by atoms with Crippen LogP contribution < -0.4 is 10.6 Å². The van der Waals surface area contributed by atoms with E-state index < -0.39 is 0 Å². The predicted molar refractivity (Wildman–Crippen MR) is 84.5 cm³/mol. The highest BCUT2D eigenvalue weighted by atomic mass is 16.1. The average Bonchev–Trinajstić information content (AvgIpc) is 3.23. The van der Waals surface area contributed by atoms with Gasteiger partial charge in [-0.05, 0) is 43.1 Å². The summed E-state index contributed by atoms with van der Waals surface area (Å²) < 4.78 is 2.09. The number of aromatic nitrogens is 1. The van der Waals surface area contributed by atoms with Gasteiger partial charge >= 0.3 is 0 Å². The number of nitrogens with zero attached hydrogens (tertiary/aromatic N) is 1. The lowest BCUT2D eigenvalue weighted by atomic mass is 10.1. The Hall–Kier alpha value is -2.07. The Morgan fingerprint density at radius 3 is 2.81 bits per heavy atom. The molecule has 2 aromatic rings. The van der Waals surface area contributed by atoms with E-state index in [0.717, 1.165) is 30.0 Å². The van der Waals surface area contributed by atoms with E-state index in [0.29, 0.717) is 6.04 Å². The van der Waals surface area contributed by atoms with Crippen molar-refractivity contribution in [1.82, 2.24) is 9.88 Å². The number of amides is 1. The van der Waals surface area contributed by atoms with Gasteiger partial charge in [0.1, 0.15) is 5.69 Å². The lowest BCUT2D eigenvalue weighted by Crippen LogP contribution is -2.19. The molecule has 0 unspecified atom stereocenters. The smallest absolute Gasteiger partial charge is 0.272 e. The summed E-state index contributed by atoms with van der Waals surface area (Å²) in [5.41, 5.74) is 2.74. The third-order valence-electron chi connectivity index (χ3n) is 3.78. The van der Waals surface area contributed by atoms with E-state index in [1.807, 2.05) is 42.6 Å². The van der Waals surface area contributed by atoms with Crippen molar-refractivity contribution in [3.05, 3.63) is 53.9 Å². The zero-order chi connectivity index (χ0) is 14.7. The first-order valence-electron chi connectivity index (χ1n) is 7.56. The van der Waals surface area contributed by atoms with E-state index >= 15 is 0 Å². The number of anilines is 1. The van der Waals surface area contributed by atoms with Gasteiger partial charge in [-0.1, -0.05) is 25.1 Å². The van der Waals surface area contributed by atoms with Crippen LogP contribution in [0.15, 0.2) is 42.6 Å². The van der Waals surface area contributed by atoms with E-state index in [-0.39, 0.29) is 5.91 Å². The van der Waals surface area contributed by atoms with Crippen LogP contribution >= 0.6 is 0 Å². The molecule has 0 atom stereocenters. The van der Waals surface area contributed by atoms with Crippen molar-refractivity contribution in [3.8, 4) is 0 Å². The molecule has 1 amide bonds. The highest BCUT2D eigenvalue weighted by Crippen LogP contribution is 2.36. The molecular weight excluding hydrogens is 262 g/mol. The van der Waals surface area contributed by atoms with Crippen molar-refractivity contribution in [3.63, 3.8) is 0 Å². The quantitative estimate of drug-likeness (QED) is 0.855. The SMILES string of the molecule is CCNCc1ccccc1NC(=O)c1cccn1C1CC1. The van der Waals surface area contributed by atoms with Crippen LogP contribution in [0.5, 0.6) is 0 Å². The Kier molecular flexibility index (Phi) is 4.06. The van der Waals surface area contributed by atoms with Gasteiger partial charge in [-0.2, -0.15) is 0 Å². The molecule has 21 heavy (non-hydrogen) atoms. The summed E-state index contributed by atoms with van der Waals surface area (Å²) in [5.74, 6) is -0.0316. The molecule has 2 N–H and O–H groups in total. The molecule has 1 heterocycles. The zero-order valence-corrected chi connectivity index (χ0v) is 12.3. The van der Waals surface area contributed by atoms with E-state index in [4.69, 9.17) is 0 Å². The Morgan fingerprint density at radius 2 is 2.05 bits per heavy atom. The van der Waals surface area contributed by atoms with Crippen LogP contribution in [0, 0.1) is 0 Å². The van der Waals surface area contributed by atoms with Gasteiger partial charge in [-0.3, -0.25) is 4.79 Å². The fourth-order valence-electron chi connectivity index (χ4n) is 2.50. The van der Waals surface area contributed by atoms with Crippen molar-refractivity contribution in [1.29, 1.82) is 0 Å². The van der Waals surface area contributed by atoms with Gasteiger partial charge in [0.15, 0.2) is 0 Å². The van der Waals surface area contributed by atoms with Gasteiger partial charge < -0.3 is 15.2 Å². The lowest BCUT2D eigenvalue weighted by Gasteiger charge is -2.12. The molecule has 110 valence electrons. The lowest BCUT2D eigenvalue weighted by molar-refractivity contribution is 0.101. The number of benzene rings is 1. The van der Waals surface area contributed by atoms with Gasteiger partial charge in [0.25, 0.3) is 5.91 Å². The number of para-hydroxylation sites is 1. The summed E-state index contributed by atoms with van der Waals surface area (Å²) >= 11 is 0. The Balaban J connectivity index is 1.76. The average molecular weight is 283 g/mol. The van der Waals surface area contributed by atoms with Crippen LogP contribution in [0.1, 0.15) is 41.9 Å². The molecule has 4 nitrogen and oxygen atoms in total. The molecule has 0 spiro atoms. The van der Waals surface area contributed by atoms with Gasteiger partial charge in [0, 0.05) is 24.5 Å². The molecule has 1 fully saturated rings. The van der Waals surface area contributed by atoms with Crippen LogP contribution in [0.4, 0.5) is 5.69 Å². The highest BCUT2D eigenvalue weighted by Gasteiger charge is 2.26. The summed E-state index contributed by atoms with van der Waals surface area (Å²) in [4.78, 5) is 12.5. The zero-order valence-electron chi connectivity index (χ0n) is 12.3. The molecule has 0 radical (unpaired) electrons. The van der Waals surface area contributed by atoms with Crippen molar-refractivity contribution >= 4 is 11.6 Å². The van der Waals surface area contributed by atoms with Crippen molar-refractivity contribution in [2.24, 2.45) is 0 Å². The third-order valence-corrected chi connectivity index (χ3v) is 3.78. The second-order valence-electron chi connectivity index (χ2n) is 5.42. The van der Waals surface area contributed by atoms with E-state index in [1.165, 1.54) is 12.8 Å². The standard InChI is InChI=1S/C17H21N3O/c1-2-18-12-13-6-3-4-7-15(13)19-17(21)16-8-5-11-20(16)14-9-10-14/h3-8,11,14,18H,2,9-10,12H2,1H3,(H,19,21). The molecule has 4 heteroatoms. The van der Waals surface area contributed by atoms with Crippen LogP contribution in [0.2, 0.25) is 0 Å². The largest absolute Gasteiger partial charge is 0.340 e. The second kappa shape index (κ2) is 6.14. The molecule has 3 rings (SSSR count). The number of nitrogens with one attached hydrogen (secondary N) is 2. The van der Waals surface area contributed by atoms with Gasteiger partial charge in [-0.25, -0.2) is 0 Å². The minimum atomic E-state index is -0.0316. The van der Waals surface area contributed by atoms with Crippen LogP contribution in [-0.4, -0.2) is 17.0 Å². The number of rotatable bonds is 6. The van der Waals surface area contributed by atoms with Gasteiger partial charge in [0.05, 0.1) is 0 Å². The topological polar surface area (TPSA) is 46.1 Å². The Labute approximate surface area is 125 Å². The third kappa shape index (κ3) is 3.16. The summed E-state index contributed by atoms with van der Waals surface area (Å²) in [7, 11) is 0. The molecular formula is C17H21N3O. The van der Waals surface area contributed by atoms with Crippen molar-refractivity contribution < 1.29 is 4.79 Å². The van der Waals surface area contributed by atoms with Crippen molar-refractivity contribution in [2.45, 2.75) is 32.4 Å². The molecule has 1 saturated carbocycles. The number of carbonyl (C=O) groups is 1. The molecule has 1 aromatic carbocycles. The first-order valence-corrected chi connectivity index (χ1v) is 7.56. The first kappa shape index (κ1) is 13.9. The normalized spacial score (nSPS) is 14.1. The van der Waals surface area contributed by atoms with Crippen LogP contribution in [0.25, 0.3) is 0 Å². The second-order valence-corrected chi connectivity index (χ2v) is 5.42. The summed E-state index contributed by atoms with van der Waals surface area (Å²) in [6.45, 7) is 3.74. The maximum Gasteiger partial charge on any atom is 0.272 e. The number of hydrogen-bond donors (Lipinski definition) is 2. The summed E-state index contributed by atoms with van der Waals surface area (Å²) in [5, 5.41) is 6.34. The van der Waals surface area contributed by atoms with Gasteiger partial charge in [-0.15, -0.1) is 0 Å². The van der Waals surface area contributed by atoms with Crippen molar-refractivity contribution in [2.75, 3.05) is 11.9 Å². The number of carbonyl (C=O) groups excluding carboxylic acids is 1. The van der Waals surface area contributed by atoms with Gasteiger partial charge in [0.2, 0.25) is 0 Å². The van der Waals surface area contributed by atoms with Crippen LogP contribution in [0.3, 0.4) is 0 Å². The Morgan fingerprint density at radius 1 is 1.24 bits per heavy atom. The molecule has 0 saturated heterocycles. The summed E-state index contributed by atoms with van der Waals surface area (Å²) in [6, 6.07) is 12.3. The molecule has 0 aliphatic heterocycles. The summed E-state index contributed by atoms with van der Waals surface area (Å²) in [6.07, 6.45) is 4.34. The molecule has 1 aromatic heterocycles. The monoisotopic (exact) mass is 283 g/mol. The molecule has 0 bridgehead atoms. The first-order chi connectivity index (χ1) is 10.3. The predicted octanol–water partition coefficient (Wildman–Crippen LogP) is 3.18. The maximum atomic E-state index is 12.5.